The van der Waals surface area contributed by atoms with Gasteiger partial charge in [0.15, 0.2) is 0 Å². The summed E-state index contributed by atoms with van der Waals surface area (Å²) in [6.07, 6.45) is 0.550. The lowest BCUT2D eigenvalue weighted by Crippen LogP contribution is -2.43. The second-order valence-electron chi connectivity index (χ2n) is 5.30. The molecule has 1 aliphatic rings. The van der Waals surface area contributed by atoms with E-state index in [2.05, 4.69) is 10.6 Å². The van der Waals surface area contributed by atoms with E-state index in [0.717, 1.165) is 18.1 Å². The van der Waals surface area contributed by atoms with E-state index in [-0.39, 0.29) is 30.0 Å². The van der Waals surface area contributed by atoms with Gasteiger partial charge in [0, 0.05) is 42.1 Å². The van der Waals surface area contributed by atoms with Gasteiger partial charge in [-0.2, -0.15) is 11.8 Å². The molecule has 0 aliphatic carbocycles. The zero-order chi connectivity index (χ0) is 15.2. The Hall–Kier alpha value is -1.14. The van der Waals surface area contributed by atoms with Crippen LogP contribution in [0.25, 0.3) is 0 Å². The van der Waals surface area contributed by atoms with Gasteiger partial charge in [0.1, 0.15) is 11.6 Å². The molecular formula is C15H20F2N2OS. The van der Waals surface area contributed by atoms with Gasteiger partial charge in [0.2, 0.25) is 5.91 Å². The lowest BCUT2D eigenvalue weighted by atomic mass is 10.1. The lowest BCUT2D eigenvalue weighted by Gasteiger charge is -2.23. The van der Waals surface area contributed by atoms with Gasteiger partial charge in [-0.1, -0.05) is 6.07 Å². The van der Waals surface area contributed by atoms with Crippen molar-refractivity contribution in [3.8, 4) is 0 Å². The van der Waals surface area contributed by atoms with Crippen molar-refractivity contribution in [3.05, 3.63) is 35.4 Å². The molecule has 0 bridgehead atoms. The van der Waals surface area contributed by atoms with Gasteiger partial charge in [-0.05, 0) is 25.5 Å². The van der Waals surface area contributed by atoms with Crippen LogP contribution in [0.4, 0.5) is 8.78 Å². The highest BCUT2D eigenvalue weighted by Crippen LogP contribution is 2.14. The summed E-state index contributed by atoms with van der Waals surface area (Å²) in [7, 11) is 0. The van der Waals surface area contributed by atoms with Gasteiger partial charge in [-0.25, -0.2) is 8.78 Å². The fraction of sp³-hybridized carbons (Fsp3) is 0.533. The number of halogens is 2. The molecule has 0 spiro atoms. The molecule has 116 valence electrons. The molecule has 1 amide bonds. The second kappa shape index (κ2) is 7.75. The van der Waals surface area contributed by atoms with E-state index in [4.69, 9.17) is 0 Å². The van der Waals surface area contributed by atoms with Crippen molar-refractivity contribution in [2.45, 2.75) is 31.8 Å². The third kappa shape index (κ3) is 4.97. The lowest BCUT2D eigenvalue weighted by molar-refractivity contribution is -0.122. The number of benzene rings is 1. The maximum atomic E-state index is 13.6. The molecule has 21 heavy (non-hydrogen) atoms. The Morgan fingerprint density at radius 1 is 1.48 bits per heavy atom. The molecule has 0 aromatic heterocycles. The first kappa shape index (κ1) is 16.2. The average Bonchev–Trinajstić information content (AvgIpc) is 2.44. The summed E-state index contributed by atoms with van der Waals surface area (Å²) in [5.41, 5.74) is 0.0247. The van der Waals surface area contributed by atoms with Gasteiger partial charge in [-0.3, -0.25) is 4.79 Å². The molecule has 1 fully saturated rings. The molecule has 6 heteroatoms. The molecule has 2 rings (SSSR count). The number of amides is 1. The largest absolute Gasteiger partial charge is 0.353 e. The van der Waals surface area contributed by atoms with Crippen molar-refractivity contribution in [2.75, 3.05) is 18.1 Å². The number of carbonyl (C=O) groups is 1. The van der Waals surface area contributed by atoms with Crippen molar-refractivity contribution < 1.29 is 13.6 Å². The third-order valence-electron chi connectivity index (χ3n) is 3.41. The zero-order valence-electron chi connectivity index (χ0n) is 12.0. The molecule has 1 aromatic carbocycles. The standard InChI is InChI=1S/C15H20F2N2OS/c1-10(7-12-13(16)3-2-4-14(12)17)19-15(20)8-11-9-21-6-5-18-11/h2-4,10-11,18H,5-9H2,1H3,(H,19,20). The molecule has 1 saturated heterocycles. The minimum atomic E-state index is -0.568. The molecule has 1 aromatic rings. The highest BCUT2D eigenvalue weighted by Gasteiger charge is 2.19. The van der Waals surface area contributed by atoms with Crippen LogP contribution in [0.1, 0.15) is 18.9 Å². The molecule has 1 heterocycles. The predicted molar refractivity (Wildman–Crippen MR) is 81.4 cm³/mol. The van der Waals surface area contributed by atoms with Gasteiger partial charge >= 0.3 is 0 Å². The summed E-state index contributed by atoms with van der Waals surface area (Å²) in [5, 5.41) is 6.10. The molecule has 2 atom stereocenters. The van der Waals surface area contributed by atoms with Crippen LogP contribution in [0.3, 0.4) is 0 Å². The number of nitrogens with one attached hydrogen (secondary N) is 2. The average molecular weight is 314 g/mol. The highest BCUT2D eigenvalue weighted by molar-refractivity contribution is 7.99. The molecular weight excluding hydrogens is 294 g/mol. The molecule has 2 N–H and O–H groups in total. The van der Waals surface area contributed by atoms with Crippen LogP contribution in [0, 0.1) is 11.6 Å². The first-order valence-electron chi connectivity index (χ1n) is 7.09. The number of carbonyl (C=O) groups excluding carboxylic acids is 1. The number of thioether (sulfide) groups is 1. The van der Waals surface area contributed by atoms with Crippen LogP contribution in [0.2, 0.25) is 0 Å². The van der Waals surface area contributed by atoms with Crippen molar-refractivity contribution in [2.24, 2.45) is 0 Å². The van der Waals surface area contributed by atoms with Crippen LogP contribution in [-0.4, -0.2) is 36.0 Å². The first-order valence-corrected chi connectivity index (χ1v) is 8.25. The molecule has 1 aliphatic heterocycles. The minimum Gasteiger partial charge on any atom is -0.353 e. The van der Waals surface area contributed by atoms with E-state index in [1.54, 1.807) is 6.92 Å². The van der Waals surface area contributed by atoms with Gasteiger partial charge in [0.25, 0.3) is 0 Å². The van der Waals surface area contributed by atoms with Crippen molar-refractivity contribution in [1.29, 1.82) is 0 Å². The predicted octanol–water partition coefficient (Wildman–Crippen LogP) is 2.11. The minimum absolute atomic E-state index is 0.0247. The zero-order valence-corrected chi connectivity index (χ0v) is 12.8. The normalized spacial score (nSPS) is 20.0. The Morgan fingerprint density at radius 2 is 2.19 bits per heavy atom. The van der Waals surface area contributed by atoms with E-state index < -0.39 is 11.6 Å². The number of hydrogen-bond acceptors (Lipinski definition) is 3. The second-order valence-corrected chi connectivity index (χ2v) is 6.45. The maximum Gasteiger partial charge on any atom is 0.221 e. The molecule has 2 unspecified atom stereocenters. The Bertz CT molecular complexity index is 472. The first-order chi connectivity index (χ1) is 10.1. The highest BCUT2D eigenvalue weighted by atomic mass is 32.2. The van der Waals surface area contributed by atoms with E-state index >= 15 is 0 Å². The monoisotopic (exact) mass is 314 g/mol. The Labute approximate surface area is 127 Å². The SMILES string of the molecule is CC(Cc1c(F)cccc1F)NC(=O)CC1CSCCN1. The molecule has 3 nitrogen and oxygen atoms in total. The fourth-order valence-corrected chi connectivity index (χ4v) is 3.34. The van der Waals surface area contributed by atoms with E-state index in [9.17, 15) is 13.6 Å². The Morgan fingerprint density at radius 3 is 2.81 bits per heavy atom. The molecule has 0 saturated carbocycles. The van der Waals surface area contributed by atoms with E-state index in [0.29, 0.717) is 6.42 Å². The van der Waals surface area contributed by atoms with Crippen molar-refractivity contribution in [3.63, 3.8) is 0 Å². The summed E-state index contributed by atoms with van der Waals surface area (Å²) in [5.74, 6) is 0.771. The van der Waals surface area contributed by atoms with Gasteiger partial charge in [-0.15, -0.1) is 0 Å². The summed E-state index contributed by atoms with van der Waals surface area (Å²) in [6.45, 7) is 2.67. The van der Waals surface area contributed by atoms with Crippen molar-refractivity contribution in [1.82, 2.24) is 10.6 Å². The Kier molecular flexibility index (Phi) is 5.99. The van der Waals surface area contributed by atoms with E-state index in [1.807, 2.05) is 11.8 Å². The Balaban J connectivity index is 1.83. The van der Waals surface area contributed by atoms with E-state index in [1.165, 1.54) is 18.2 Å². The summed E-state index contributed by atoms with van der Waals surface area (Å²) >= 11 is 1.83. The molecule has 0 radical (unpaired) electrons. The van der Waals surface area contributed by atoms with Crippen LogP contribution in [0.15, 0.2) is 18.2 Å². The van der Waals surface area contributed by atoms with Crippen molar-refractivity contribution >= 4 is 17.7 Å². The van der Waals surface area contributed by atoms with Crippen LogP contribution < -0.4 is 10.6 Å². The number of rotatable bonds is 5. The summed E-state index contributed by atoms with van der Waals surface area (Å²) < 4.78 is 27.1. The maximum absolute atomic E-state index is 13.6. The van der Waals surface area contributed by atoms with Gasteiger partial charge < -0.3 is 10.6 Å². The van der Waals surface area contributed by atoms with Crippen LogP contribution >= 0.6 is 11.8 Å². The van der Waals surface area contributed by atoms with Gasteiger partial charge in [0.05, 0.1) is 0 Å². The summed E-state index contributed by atoms with van der Waals surface area (Å²) in [6, 6.07) is 3.68. The van der Waals surface area contributed by atoms with Crippen LogP contribution in [-0.2, 0) is 11.2 Å². The smallest absolute Gasteiger partial charge is 0.221 e. The third-order valence-corrected chi connectivity index (χ3v) is 4.54. The van der Waals surface area contributed by atoms with Crippen LogP contribution in [0.5, 0.6) is 0 Å². The number of hydrogen-bond donors (Lipinski definition) is 2. The fourth-order valence-electron chi connectivity index (χ4n) is 2.39. The topological polar surface area (TPSA) is 41.1 Å². The summed E-state index contributed by atoms with van der Waals surface area (Å²) in [4.78, 5) is 11.9. The quantitative estimate of drug-likeness (QED) is 0.874.